The monoisotopic (exact) mass is 643 g/mol. The molecular weight excluding hydrogens is 624 g/mol. The summed E-state index contributed by atoms with van der Waals surface area (Å²) in [7, 11) is -3.56. The summed E-state index contributed by atoms with van der Waals surface area (Å²) in [5, 5.41) is 9.26. The molecule has 3 aromatic carbocycles. The number of anilines is 1. The number of nitrogens with one attached hydrogen (secondary N) is 2. The van der Waals surface area contributed by atoms with Crippen LogP contribution >= 0.6 is 11.6 Å². The Kier molecular flexibility index (Phi) is 8.65. The SMILES string of the molecule is Cc1nc(-c2ccc(OC(F)(F)F)cc2)c(-c2cc(-c3cccc(S(C)(=O)=O)c3)ccc2N/C(Cl)=C\C(=N)C(F)(F)F)o1. The van der Waals surface area contributed by atoms with Crippen LogP contribution in [0.25, 0.3) is 33.7 Å². The first-order valence-corrected chi connectivity index (χ1v) is 14.3. The smallest absolute Gasteiger partial charge is 0.440 e. The van der Waals surface area contributed by atoms with Gasteiger partial charge in [-0.1, -0.05) is 29.8 Å². The molecule has 0 aliphatic rings. The quantitative estimate of drug-likeness (QED) is 0.114. The average Bonchev–Trinajstić information content (AvgIpc) is 3.28. The minimum Gasteiger partial charge on any atom is -0.440 e. The Balaban J connectivity index is 1.86. The first kappa shape index (κ1) is 31.6. The predicted octanol–water partition coefficient (Wildman–Crippen LogP) is 8.36. The topological polar surface area (TPSA) is 105 Å². The lowest BCUT2D eigenvalue weighted by atomic mass is 9.98. The number of alkyl halides is 6. The van der Waals surface area contributed by atoms with E-state index in [0.717, 1.165) is 18.4 Å². The molecule has 4 aromatic rings. The van der Waals surface area contributed by atoms with Crippen molar-refractivity contribution in [3.05, 3.63) is 83.9 Å². The number of nitrogens with zero attached hydrogens (tertiary/aromatic N) is 1. The summed E-state index contributed by atoms with van der Waals surface area (Å²) in [4.78, 5) is 4.39. The van der Waals surface area contributed by atoms with Crippen LogP contribution in [0.2, 0.25) is 0 Å². The standard InChI is InChI=1S/C28H20ClF6N3O4S/c1-15-37-25(16-6-9-19(10-7-16)42-28(33,34)35)26(41-15)21-13-18(17-4-3-5-20(12-17)43(2,39)40)8-11-22(21)38-24(29)14-23(36)27(30,31)32/h3-14,36,38H,1-2H3/b24-14-,36-23?. The first-order valence-electron chi connectivity index (χ1n) is 12.0. The van der Waals surface area contributed by atoms with Crippen molar-refractivity contribution in [2.24, 2.45) is 0 Å². The molecule has 7 nitrogen and oxygen atoms in total. The number of aromatic nitrogens is 1. The van der Waals surface area contributed by atoms with Crippen molar-refractivity contribution in [2.75, 3.05) is 11.6 Å². The van der Waals surface area contributed by atoms with Crippen molar-refractivity contribution < 1.29 is 43.9 Å². The number of hydrogen-bond acceptors (Lipinski definition) is 7. The van der Waals surface area contributed by atoms with Gasteiger partial charge < -0.3 is 14.5 Å². The molecule has 4 rings (SSSR count). The van der Waals surface area contributed by atoms with Gasteiger partial charge in [-0.05, 0) is 59.7 Å². The number of benzene rings is 3. The maximum atomic E-state index is 12.9. The van der Waals surface area contributed by atoms with E-state index in [0.29, 0.717) is 22.8 Å². The summed E-state index contributed by atoms with van der Waals surface area (Å²) >= 11 is 6.03. The summed E-state index contributed by atoms with van der Waals surface area (Å²) in [6, 6.07) is 15.4. The molecule has 0 aliphatic heterocycles. The predicted molar refractivity (Wildman–Crippen MR) is 149 cm³/mol. The third kappa shape index (κ3) is 7.96. The van der Waals surface area contributed by atoms with Crippen LogP contribution in [0.4, 0.5) is 32.0 Å². The van der Waals surface area contributed by atoms with Gasteiger partial charge in [-0.3, -0.25) is 5.41 Å². The van der Waals surface area contributed by atoms with Gasteiger partial charge in [0.25, 0.3) is 0 Å². The Morgan fingerprint density at radius 1 is 0.977 bits per heavy atom. The normalized spacial score (nSPS) is 12.7. The number of sulfone groups is 1. The summed E-state index contributed by atoms with van der Waals surface area (Å²) in [6.45, 7) is 1.51. The molecule has 0 atom stereocenters. The van der Waals surface area contributed by atoms with E-state index in [2.05, 4.69) is 15.0 Å². The van der Waals surface area contributed by atoms with Crippen LogP contribution in [0, 0.1) is 12.3 Å². The van der Waals surface area contributed by atoms with Crippen molar-refractivity contribution in [1.29, 1.82) is 5.41 Å². The zero-order valence-corrected chi connectivity index (χ0v) is 23.6. The number of allylic oxidation sites excluding steroid dienone is 1. The van der Waals surface area contributed by atoms with E-state index < -0.39 is 39.0 Å². The molecule has 0 fully saturated rings. The Bertz CT molecular complexity index is 1820. The van der Waals surface area contributed by atoms with Gasteiger partial charge in [0, 0.05) is 30.4 Å². The van der Waals surface area contributed by atoms with Crippen LogP contribution in [-0.2, 0) is 9.84 Å². The molecule has 0 unspecified atom stereocenters. The third-order valence-corrected chi connectivity index (χ3v) is 7.10. The number of halogens is 7. The fourth-order valence-electron chi connectivity index (χ4n) is 3.92. The lowest BCUT2D eigenvalue weighted by molar-refractivity contribution is -0.274. The van der Waals surface area contributed by atoms with Crippen molar-refractivity contribution >= 4 is 32.8 Å². The van der Waals surface area contributed by atoms with Gasteiger partial charge in [0.1, 0.15) is 22.3 Å². The summed E-state index contributed by atoms with van der Waals surface area (Å²) < 4.78 is 111. The second kappa shape index (κ2) is 11.8. The van der Waals surface area contributed by atoms with Gasteiger partial charge in [0.15, 0.2) is 21.5 Å². The molecule has 2 N–H and O–H groups in total. The molecule has 15 heteroatoms. The Hall–Kier alpha value is -4.30. The largest absolute Gasteiger partial charge is 0.573 e. The maximum absolute atomic E-state index is 12.9. The number of hydrogen-bond donors (Lipinski definition) is 2. The van der Waals surface area contributed by atoms with Crippen LogP contribution in [0.1, 0.15) is 5.89 Å². The van der Waals surface area contributed by atoms with Crippen LogP contribution in [0.5, 0.6) is 5.75 Å². The molecule has 226 valence electrons. The molecule has 0 saturated carbocycles. The molecule has 1 heterocycles. The molecule has 0 spiro atoms. The van der Waals surface area contributed by atoms with E-state index in [9.17, 15) is 34.8 Å². The highest BCUT2D eigenvalue weighted by Gasteiger charge is 2.33. The zero-order chi connectivity index (χ0) is 31.7. The summed E-state index contributed by atoms with van der Waals surface area (Å²) in [5.74, 6) is -0.255. The van der Waals surface area contributed by atoms with Crippen LogP contribution < -0.4 is 10.1 Å². The lowest BCUT2D eigenvalue weighted by Gasteiger charge is -2.14. The zero-order valence-electron chi connectivity index (χ0n) is 22.1. The van der Waals surface area contributed by atoms with E-state index in [1.165, 1.54) is 43.3 Å². The number of rotatable bonds is 8. The molecule has 0 amide bonds. The van der Waals surface area contributed by atoms with Gasteiger partial charge in [0.2, 0.25) is 0 Å². The number of ether oxygens (including phenoxy) is 1. The van der Waals surface area contributed by atoms with E-state index >= 15 is 0 Å². The van der Waals surface area contributed by atoms with Crippen molar-refractivity contribution in [3.8, 4) is 39.5 Å². The highest BCUT2D eigenvalue weighted by atomic mass is 35.5. The molecule has 0 saturated heterocycles. The highest BCUT2D eigenvalue weighted by molar-refractivity contribution is 7.90. The number of oxazole rings is 1. The average molecular weight is 644 g/mol. The van der Waals surface area contributed by atoms with Crippen molar-refractivity contribution in [1.82, 2.24) is 4.98 Å². The molecule has 0 radical (unpaired) electrons. The molecule has 43 heavy (non-hydrogen) atoms. The van der Waals surface area contributed by atoms with Crippen molar-refractivity contribution in [3.63, 3.8) is 0 Å². The minimum absolute atomic E-state index is 0.0442. The highest BCUT2D eigenvalue weighted by Crippen LogP contribution is 2.40. The van der Waals surface area contributed by atoms with Gasteiger partial charge in [0.05, 0.1) is 10.6 Å². The van der Waals surface area contributed by atoms with Crippen molar-refractivity contribution in [2.45, 2.75) is 24.4 Å². The van der Waals surface area contributed by atoms with Gasteiger partial charge >= 0.3 is 12.5 Å². The van der Waals surface area contributed by atoms with Crippen LogP contribution in [0.15, 0.2) is 87.3 Å². The van der Waals surface area contributed by atoms with E-state index in [1.54, 1.807) is 18.2 Å². The van der Waals surface area contributed by atoms with Gasteiger partial charge in [-0.2, -0.15) is 13.2 Å². The van der Waals surface area contributed by atoms with E-state index in [1.807, 2.05) is 0 Å². The van der Waals surface area contributed by atoms with E-state index in [-0.39, 0.29) is 33.5 Å². The molecule has 0 aliphatic carbocycles. The Morgan fingerprint density at radius 2 is 1.60 bits per heavy atom. The minimum atomic E-state index is -4.95. The summed E-state index contributed by atoms with van der Waals surface area (Å²) in [6.07, 6.45) is -8.43. The first-order chi connectivity index (χ1) is 19.9. The van der Waals surface area contributed by atoms with Crippen LogP contribution in [-0.4, -0.2) is 37.9 Å². The molecule has 1 aromatic heterocycles. The Labute approximate surface area is 246 Å². The van der Waals surface area contributed by atoms with Crippen LogP contribution in [0.3, 0.4) is 0 Å². The number of aryl methyl sites for hydroxylation is 1. The van der Waals surface area contributed by atoms with E-state index in [4.69, 9.17) is 21.4 Å². The lowest BCUT2D eigenvalue weighted by Crippen LogP contribution is -2.20. The van der Waals surface area contributed by atoms with Gasteiger partial charge in [-0.15, -0.1) is 13.2 Å². The molecule has 0 bridgehead atoms. The third-order valence-electron chi connectivity index (χ3n) is 5.79. The fourth-order valence-corrected chi connectivity index (χ4v) is 4.80. The Morgan fingerprint density at radius 3 is 2.21 bits per heavy atom. The fraction of sp³-hybridized carbons (Fsp3) is 0.143. The van der Waals surface area contributed by atoms with Gasteiger partial charge in [-0.25, -0.2) is 13.4 Å². The second-order valence-corrected chi connectivity index (χ2v) is 11.5. The second-order valence-electron chi connectivity index (χ2n) is 9.07. The molecular formula is C28H20ClF6N3O4S. The maximum Gasteiger partial charge on any atom is 0.573 e. The summed E-state index contributed by atoms with van der Waals surface area (Å²) in [5.41, 5.74) is 0.0534.